The molecule has 0 aromatic heterocycles. The largest absolute Gasteiger partial charge is 0.326 e. The van der Waals surface area contributed by atoms with Gasteiger partial charge in [-0.15, -0.1) is 0 Å². The second-order valence-electron chi connectivity index (χ2n) is 5.76. The van der Waals surface area contributed by atoms with Crippen LogP contribution < -0.4 is 11.1 Å². The summed E-state index contributed by atoms with van der Waals surface area (Å²) in [6.45, 7) is 2.71. The third-order valence-electron chi connectivity index (χ3n) is 3.68. The fraction of sp³-hybridized carbons (Fsp3) is 0.562. The van der Waals surface area contributed by atoms with Gasteiger partial charge in [0.05, 0.1) is 0 Å². The molecule has 4 nitrogen and oxygen atoms in total. The Bertz CT molecular complexity index is 426. The topological polar surface area (TPSA) is 58.4 Å². The Kier molecular flexibility index (Phi) is 5.56. The van der Waals surface area contributed by atoms with Crippen LogP contribution in [0.5, 0.6) is 0 Å². The van der Waals surface area contributed by atoms with Crippen molar-refractivity contribution >= 4 is 11.6 Å². The van der Waals surface area contributed by atoms with Gasteiger partial charge in [-0.25, -0.2) is 0 Å². The van der Waals surface area contributed by atoms with Crippen LogP contribution >= 0.6 is 0 Å². The van der Waals surface area contributed by atoms with Gasteiger partial charge in [0, 0.05) is 25.2 Å². The number of nitrogens with one attached hydrogen (secondary N) is 1. The molecule has 0 unspecified atom stereocenters. The highest BCUT2D eigenvalue weighted by Gasteiger charge is 2.22. The van der Waals surface area contributed by atoms with E-state index in [1.165, 1.54) is 19.4 Å². The summed E-state index contributed by atoms with van der Waals surface area (Å²) in [5, 5.41) is 2.92. The van der Waals surface area contributed by atoms with Gasteiger partial charge in [0.25, 0.3) is 0 Å². The highest BCUT2D eigenvalue weighted by Crippen LogP contribution is 2.29. The molecule has 0 saturated heterocycles. The Hall–Kier alpha value is -1.39. The van der Waals surface area contributed by atoms with Gasteiger partial charge in [0.15, 0.2) is 0 Å². The van der Waals surface area contributed by atoms with E-state index < -0.39 is 0 Å². The number of nitrogens with two attached hydrogens (primary N) is 1. The van der Waals surface area contributed by atoms with E-state index in [0.717, 1.165) is 30.1 Å². The van der Waals surface area contributed by atoms with E-state index in [9.17, 15) is 4.79 Å². The van der Waals surface area contributed by atoms with Gasteiger partial charge >= 0.3 is 0 Å². The van der Waals surface area contributed by atoms with Crippen LogP contribution in [0.3, 0.4) is 0 Å². The van der Waals surface area contributed by atoms with E-state index in [-0.39, 0.29) is 5.91 Å². The lowest BCUT2D eigenvalue weighted by Crippen LogP contribution is -2.23. The van der Waals surface area contributed by atoms with Gasteiger partial charge < -0.3 is 16.0 Å². The number of hydrogen-bond donors (Lipinski definition) is 2. The number of anilines is 1. The summed E-state index contributed by atoms with van der Waals surface area (Å²) in [7, 11) is 2.14. The molecular formula is C16H25N3O. The summed E-state index contributed by atoms with van der Waals surface area (Å²) in [5.74, 6) is 1.00. The van der Waals surface area contributed by atoms with Crippen LogP contribution in [-0.2, 0) is 11.3 Å². The molecule has 0 radical (unpaired) electrons. The van der Waals surface area contributed by atoms with Crippen LogP contribution in [0.4, 0.5) is 5.69 Å². The van der Waals surface area contributed by atoms with E-state index in [1.807, 2.05) is 24.3 Å². The molecule has 1 fully saturated rings. The van der Waals surface area contributed by atoms with E-state index >= 15 is 0 Å². The monoisotopic (exact) mass is 275 g/mol. The van der Waals surface area contributed by atoms with Crippen LogP contribution in [0.25, 0.3) is 0 Å². The number of rotatable bonds is 8. The highest BCUT2D eigenvalue weighted by atomic mass is 16.1. The van der Waals surface area contributed by atoms with E-state index in [0.29, 0.717) is 13.0 Å². The summed E-state index contributed by atoms with van der Waals surface area (Å²) in [6.07, 6.45) is 4.25. The predicted molar refractivity (Wildman–Crippen MR) is 82.4 cm³/mol. The zero-order valence-corrected chi connectivity index (χ0v) is 12.3. The van der Waals surface area contributed by atoms with Crippen LogP contribution in [0.2, 0.25) is 0 Å². The molecule has 1 aromatic carbocycles. The molecule has 1 aromatic rings. The number of carbonyl (C=O) groups is 1. The lowest BCUT2D eigenvalue weighted by molar-refractivity contribution is -0.116. The van der Waals surface area contributed by atoms with Crippen molar-refractivity contribution in [3.05, 3.63) is 29.8 Å². The van der Waals surface area contributed by atoms with Gasteiger partial charge in [-0.2, -0.15) is 0 Å². The number of benzene rings is 1. The minimum absolute atomic E-state index is 0.0883. The summed E-state index contributed by atoms with van der Waals surface area (Å²) in [6, 6.07) is 7.69. The third-order valence-corrected chi connectivity index (χ3v) is 3.68. The second kappa shape index (κ2) is 7.41. The fourth-order valence-electron chi connectivity index (χ4n) is 2.29. The van der Waals surface area contributed by atoms with Gasteiger partial charge in [-0.05, 0) is 56.5 Å². The Balaban J connectivity index is 1.63. The maximum atomic E-state index is 11.8. The average molecular weight is 275 g/mol. The van der Waals surface area contributed by atoms with E-state index in [1.54, 1.807) is 0 Å². The molecule has 2 rings (SSSR count). The van der Waals surface area contributed by atoms with Crippen molar-refractivity contribution in [2.24, 2.45) is 11.7 Å². The van der Waals surface area contributed by atoms with E-state index in [2.05, 4.69) is 17.3 Å². The standard InChI is InChI=1S/C16H25N3O/c1-19(12-14-4-5-14)10-2-3-16(20)18-15-8-6-13(11-17)7-9-15/h6-9,14H,2-5,10-12,17H2,1H3,(H,18,20). The molecule has 0 spiro atoms. The molecule has 1 amide bonds. The van der Waals surface area contributed by atoms with Crippen molar-refractivity contribution in [3.63, 3.8) is 0 Å². The lowest BCUT2D eigenvalue weighted by atomic mass is 10.2. The molecule has 0 heterocycles. The van der Waals surface area contributed by atoms with Crippen LogP contribution in [-0.4, -0.2) is 30.9 Å². The van der Waals surface area contributed by atoms with Crippen molar-refractivity contribution < 1.29 is 4.79 Å². The zero-order valence-electron chi connectivity index (χ0n) is 12.3. The molecule has 20 heavy (non-hydrogen) atoms. The lowest BCUT2D eigenvalue weighted by Gasteiger charge is -2.15. The van der Waals surface area contributed by atoms with Crippen molar-refractivity contribution in [3.8, 4) is 0 Å². The Morgan fingerprint density at radius 2 is 2.05 bits per heavy atom. The summed E-state index contributed by atoms with van der Waals surface area (Å²) < 4.78 is 0. The quantitative estimate of drug-likeness (QED) is 0.764. The minimum Gasteiger partial charge on any atom is -0.326 e. The van der Waals surface area contributed by atoms with E-state index in [4.69, 9.17) is 5.73 Å². The zero-order chi connectivity index (χ0) is 14.4. The van der Waals surface area contributed by atoms with Crippen LogP contribution in [0.15, 0.2) is 24.3 Å². The van der Waals surface area contributed by atoms with Crippen LogP contribution in [0, 0.1) is 5.92 Å². The van der Waals surface area contributed by atoms with Crippen molar-refractivity contribution in [1.29, 1.82) is 0 Å². The molecular weight excluding hydrogens is 250 g/mol. The first kappa shape index (κ1) is 15.0. The molecule has 0 bridgehead atoms. The molecule has 0 atom stereocenters. The SMILES string of the molecule is CN(CCCC(=O)Nc1ccc(CN)cc1)CC1CC1. The number of amides is 1. The van der Waals surface area contributed by atoms with Gasteiger partial charge in [-0.3, -0.25) is 4.79 Å². The molecule has 0 aliphatic heterocycles. The Labute approximate surface area is 121 Å². The number of nitrogens with zero attached hydrogens (tertiary/aromatic N) is 1. The van der Waals surface area contributed by atoms with Crippen molar-refractivity contribution in [1.82, 2.24) is 4.90 Å². The Morgan fingerprint density at radius 1 is 1.35 bits per heavy atom. The molecule has 1 saturated carbocycles. The molecule has 110 valence electrons. The molecule has 1 aliphatic carbocycles. The van der Waals surface area contributed by atoms with Crippen LogP contribution in [0.1, 0.15) is 31.2 Å². The van der Waals surface area contributed by atoms with Crippen molar-refractivity contribution in [2.75, 3.05) is 25.5 Å². The summed E-state index contributed by atoms with van der Waals surface area (Å²) in [4.78, 5) is 14.2. The maximum absolute atomic E-state index is 11.8. The smallest absolute Gasteiger partial charge is 0.224 e. The normalized spacial score (nSPS) is 14.6. The van der Waals surface area contributed by atoms with Gasteiger partial charge in [0.1, 0.15) is 0 Å². The second-order valence-corrected chi connectivity index (χ2v) is 5.76. The number of hydrogen-bond acceptors (Lipinski definition) is 3. The first-order valence-corrected chi connectivity index (χ1v) is 7.45. The fourth-order valence-corrected chi connectivity index (χ4v) is 2.29. The van der Waals surface area contributed by atoms with Crippen molar-refractivity contribution in [2.45, 2.75) is 32.2 Å². The summed E-state index contributed by atoms with van der Waals surface area (Å²) in [5.41, 5.74) is 7.46. The average Bonchev–Trinajstić information content (AvgIpc) is 3.23. The number of carbonyl (C=O) groups excluding carboxylic acids is 1. The molecule has 4 heteroatoms. The van der Waals surface area contributed by atoms with Gasteiger partial charge in [0.2, 0.25) is 5.91 Å². The Morgan fingerprint density at radius 3 is 2.65 bits per heavy atom. The maximum Gasteiger partial charge on any atom is 0.224 e. The first-order chi connectivity index (χ1) is 9.67. The molecule has 3 N–H and O–H groups in total. The molecule has 1 aliphatic rings. The minimum atomic E-state index is 0.0883. The summed E-state index contributed by atoms with van der Waals surface area (Å²) >= 11 is 0. The highest BCUT2D eigenvalue weighted by molar-refractivity contribution is 5.90. The van der Waals surface area contributed by atoms with Gasteiger partial charge in [-0.1, -0.05) is 12.1 Å². The first-order valence-electron chi connectivity index (χ1n) is 7.45. The third kappa shape index (κ3) is 5.31. The predicted octanol–water partition coefficient (Wildman–Crippen LogP) is 2.21.